The summed E-state index contributed by atoms with van der Waals surface area (Å²) in [6.07, 6.45) is 0.336. The van der Waals surface area contributed by atoms with Gasteiger partial charge in [0.1, 0.15) is 0 Å². The summed E-state index contributed by atoms with van der Waals surface area (Å²) in [5.74, 6) is -0.484. The van der Waals surface area contributed by atoms with Crippen molar-refractivity contribution in [1.82, 2.24) is 0 Å². The van der Waals surface area contributed by atoms with Gasteiger partial charge >= 0.3 is 0 Å². The molecule has 15 heavy (non-hydrogen) atoms. The van der Waals surface area contributed by atoms with Gasteiger partial charge in [0, 0.05) is 12.7 Å². The Balaban J connectivity index is 0.000000921. The van der Waals surface area contributed by atoms with Crippen LogP contribution in [0.1, 0.15) is 29.8 Å². The van der Waals surface area contributed by atoms with E-state index in [1.165, 1.54) is 0 Å². The lowest BCUT2D eigenvalue weighted by molar-refractivity contribution is -0.104. The van der Waals surface area contributed by atoms with Crippen LogP contribution >= 0.6 is 0 Å². The van der Waals surface area contributed by atoms with Crippen LogP contribution in [0.15, 0.2) is 18.2 Å². The van der Waals surface area contributed by atoms with Gasteiger partial charge in [-0.15, -0.1) is 0 Å². The highest BCUT2D eigenvalue weighted by molar-refractivity contribution is 6.35. The Labute approximate surface area is 90.5 Å². The molecule has 1 N–H and O–H groups in total. The minimum absolute atomic E-state index is 0.336. The molecule has 0 spiro atoms. The van der Waals surface area contributed by atoms with Crippen LogP contribution in [0.2, 0.25) is 0 Å². The molecule has 3 heteroatoms. The van der Waals surface area contributed by atoms with Crippen molar-refractivity contribution in [1.29, 1.82) is 0 Å². The van der Waals surface area contributed by atoms with E-state index in [0.717, 1.165) is 5.56 Å². The van der Waals surface area contributed by atoms with Crippen LogP contribution in [0, 0.1) is 6.92 Å². The third-order valence-corrected chi connectivity index (χ3v) is 1.90. The van der Waals surface area contributed by atoms with Gasteiger partial charge in [0.05, 0.1) is 5.56 Å². The molecule has 1 aromatic carbocycles. The number of rotatable bonds is 3. The first-order chi connectivity index (χ1) is 7.20. The molecule has 0 unspecified atom stereocenters. The molecule has 1 rings (SSSR count). The lowest BCUT2D eigenvalue weighted by Gasteiger charge is -2.07. The monoisotopic (exact) mass is 207 g/mol. The maximum Gasteiger partial charge on any atom is 0.227 e. The number of hydrogen-bond acceptors (Lipinski definition) is 3. The Morgan fingerprint density at radius 3 is 2.40 bits per heavy atom. The quantitative estimate of drug-likeness (QED) is 0.470. The van der Waals surface area contributed by atoms with E-state index in [-0.39, 0.29) is 0 Å². The number of hydrogen-bond donors (Lipinski definition) is 1. The molecule has 0 aliphatic heterocycles. The molecule has 0 aliphatic rings. The summed E-state index contributed by atoms with van der Waals surface area (Å²) in [5, 5.41) is 2.87. The molecule has 0 heterocycles. The van der Waals surface area contributed by atoms with Crippen molar-refractivity contribution in [2.75, 3.05) is 12.4 Å². The summed E-state index contributed by atoms with van der Waals surface area (Å²) in [7, 11) is 1.72. The molecule has 3 nitrogen and oxygen atoms in total. The lowest BCUT2D eigenvalue weighted by Crippen LogP contribution is -2.06. The third-order valence-electron chi connectivity index (χ3n) is 1.90. The molecule has 0 aromatic heterocycles. The smallest absolute Gasteiger partial charge is 0.227 e. The van der Waals surface area contributed by atoms with Gasteiger partial charge in [-0.3, -0.25) is 9.59 Å². The van der Waals surface area contributed by atoms with Crippen molar-refractivity contribution in [3.05, 3.63) is 29.3 Å². The average Bonchev–Trinajstić information content (AvgIpc) is 2.30. The lowest BCUT2D eigenvalue weighted by atomic mass is 10.0. The Hall–Kier alpha value is -1.64. The van der Waals surface area contributed by atoms with Gasteiger partial charge < -0.3 is 5.32 Å². The van der Waals surface area contributed by atoms with Crippen LogP contribution in [0.5, 0.6) is 0 Å². The Morgan fingerprint density at radius 2 is 1.93 bits per heavy atom. The number of ketones is 1. The van der Waals surface area contributed by atoms with Crippen LogP contribution in [-0.4, -0.2) is 19.1 Å². The van der Waals surface area contributed by atoms with E-state index >= 15 is 0 Å². The molecule has 0 amide bonds. The molecule has 0 saturated carbocycles. The molecule has 0 bridgehead atoms. The summed E-state index contributed by atoms with van der Waals surface area (Å²) in [6.45, 7) is 5.80. The number of carbonyl (C=O) groups excluding carboxylic acids is 2. The van der Waals surface area contributed by atoms with Gasteiger partial charge in [-0.05, 0) is 18.6 Å². The molecular weight excluding hydrogens is 190 g/mol. The van der Waals surface area contributed by atoms with E-state index in [4.69, 9.17) is 0 Å². The fourth-order valence-corrected chi connectivity index (χ4v) is 1.26. The summed E-state index contributed by atoms with van der Waals surface area (Å²) in [6, 6.07) is 5.41. The van der Waals surface area contributed by atoms with E-state index in [9.17, 15) is 9.59 Å². The summed E-state index contributed by atoms with van der Waals surface area (Å²) < 4.78 is 0. The fourth-order valence-electron chi connectivity index (χ4n) is 1.26. The summed E-state index contributed by atoms with van der Waals surface area (Å²) in [5.41, 5.74) is 1.96. The van der Waals surface area contributed by atoms with Crippen LogP contribution in [0.4, 0.5) is 5.69 Å². The molecule has 82 valence electrons. The second-order valence-corrected chi connectivity index (χ2v) is 2.73. The zero-order valence-electron chi connectivity index (χ0n) is 9.63. The number of anilines is 1. The van der Waals surface area contributed by atoms with Crippen LogP contribution in [-0.2, 0) is 4.79 Å². The summed E-state index contributed by atoms with van der Waals surface area (Å²) in [4.78, 5) is 21.6. The minimum Gasteiger partial charge on any atom is -0.388 e. The topological polar surface area (TPSA) is 46.2 Å². The van der Waals surface area contributed by atoms with E-state index in [1.807, 2.05) is 19.9 Å². The van der Waals surface area contributed by atoms with Gasteiger partial charge in [0.25, 0.3) is 0 Å². The van der Waals surface area contributed by atoms with E-state index in [2.05, 4.69) is 5.32 Å². The van der Waals surface area contributed by atoms with Gasteiger partial charge in [0.15, 0.2) is 6.29 Å². The van der Waals surface area contributed by atoms with Gasteiger partial charge in [-0.1, -0.05) is 26.0 Å². The van der Waals surface area contributed by atoms with Crippen molar-refractivity contribution in [3.63, 3.8) is 0 Å². The van der Waals surface area contributed by atoms with E-state index in [0.29, 0.717) is 17.5 Å². The van der Waals surface area contributed by atoms with E-state index < -0.39 is 5.78 Å². The first-order valence-electron chi connectivity index (χ1n) is 4.97. The fraction of sp³-hybridized carbons (Fsp3) is 0.333. The normalized spacial score (nSPS) is 8.53. The largest absolute Gasteiger partial charge is 0.388 e. The van der Waals surface area contributed by atoms with Crippen LogP contribution in [0.3, 0.4) is 0 Å². The van der Waals surface area contributed by atoms with Crippen molar-refractivity contribution in [2.45, 2.75) is 20.8 Å². The molecule has 0 fully saturated rings. The van der Waals surface area contributed by atoms with Crippen molar-refractivity contribution in [3.8, 4) is 0 Å². The Bertz CT molecular complexity index is 345. The number of aryl methyl sites for hydroxylation is 1. The predicted octanol–water partition coefficient (Wildman–Crippen LogP) is 2.44. The number of carbonyl (C=O) groups is 2. The molecule has 1 aromatic rings. The van der Waals surface area contributed by atoms with Crippen LogP contribution < -0.4 is 5.32 Å². The Kier molecular flexibility index (Phi) is 6.02. The first kappa shape index (κ1) is 13.4. The predicted molar refractivity (Wildman–Crippen MR) is 62.5 cm³/mol. The second kappa shape index (κ2) is 6.76. The van der Waals surface area contributed by atoms with Gasteiger partial charge in [-0.25, -0.2) is 0 Å². The maximum absolute atomic E-state index is 11.2. The molecule has 0 saturated heterocycles. The zero-order valence-corrected chi connectivity index (χ0v) is 9.63. The van der Waals surface area contributed by atoms with Gasteiger partial charge in [0.2, 0.25) is 5.78 Å². The molecule has 0 radical (unpaired) electrons. The van der Waals surface area contributed by atoms with Crippen LogP contribution in [0.25, 0.3) is 0 Å². The minimum atomic E-state index is -0.484. The summed E-state index contributed by atoms with van der Waals surface area (Å²) >= 11 is 0. The first-order valence-corrected chi connectivity index (χ1v) is 4.97. The maximum atomic E-state index is 11.2. The highest BCUT2D eigenvalue weighted by Gasteiger charge is 2.11. The number of nitrogens with one attached hydrogen (secondary N) is 1. The SMILES string of the molecule is CC.CNc1cccc(C)c1C(=O)C=O. The van der Waals surface area contributed by atoms with Crippen molar-refractivity contribution >= 4 is 17.8 Å². The average molecular weight is 207 g/mol. The molecule has 0 aliphatic carbocycles. The third kappa shape index (κ3) is 3.20. The van der Waals surface area contributed by atoms with Crippen molar-refractivity contribution in [2.24, 2.45) is 0 Å². The number of aldehydes is 1. The Morgan fingerprint density at radius 1 is 1.33 bits per heavy atom. The molecular formula is C12H17NO2. The highest BCUT2D eigenvalue weighted by atomic mass is 16.2. The zero-order chi connectivity index (χ0) is 11.8. The standard InChI is InChI=1S/C10H11NO2.C2H6/c1-7-4-3-5-8(11-2)10(7)9(13)6-12;1-2/h3-6,11H,1-2H3;1-2H3. The number of benzene rings is 1. The number of Topliss-reactive ketones (excluding diaryl/α,β-unsaturated/α-hetero) is 1. The second-order valence-electron chi connectivity index (χ2n) is 2.73. The van der Waals surface area contributed by atoms with Crippen molar-refractivity contribution < 1.29 is 9.59 Å². The van der Waals surface area contributed by atoms with Gasteiger partial charge in [-0.2, -0.15) is 0 Å². The van der Waals surface area contributed by atoms with E-state index in [1.54, 1.807) is 26.1 Å². The highest BCUT2D eigenvalue weighted by Crippen LogP contribution is 2.18. The molecule has 0 atom stereocenters.